The Morgan fingerprint density at radius 1 is 1.20 bits per heavy atom. The van der Waals surface area contributed by atoms with Crippen molar-refractivity contribution in [3.8, 4) is 0 Å². The first-order valence-electron chi connectivity index (χ1n) is 7.39. The van der Waals surface area contributed by atoms with Gasteiger partial charge in [0.15, 0.2) is 0 Å². The molecule has 1 fully saturated rings. The highest BCUT2D eigenvalue weighted by molar-refractivity contribution is 5.95. The van der Waals surface area contributed by atoms with Crippen molar-refractivity contribution in [2.24, 2.45) is 0 Å². The Bertz CT molecular complexity index is 460. The lowest BCUT2D eigenvalue weighted by atomic mass is 9.90. The van der Waals surface area contributed by atoms with Gasteiger partial charge < -0.3 is 14.9 Å². The molecule has 110 valence electrons. The minimum absolute atomic E-state index is 0.00854. The van der Waals surface area contributed by atoms with E-state index < -0.39 is 5.60 Å². The normalized spacial score (nSPS) is 16.7. The lowest BCUT2D eigenvalue weighted by Gasteiger charge is -2.46. The zero-order valence-electron chi connectivity index (χ0n) is 12.6. The van der Waals surface area contributed by atoms with Gasteiger partial charge in [-0.3, -0.25) is 4.79 Å². The molecule has 1 saturated heterocycles. The molecule has 0 unspecified atom stereocenters. The topological polar surface area (TPSA) is 43.8 Å². The van der Waals surface area contributed by atoms with Crippen molar-refractivity contribution in [1.29, 1.82) is 0 Å². The largest absolute Gasteiger partial charge is 0.386 e. The molecule has 0 bridgehead atoms. The van der Waals surface area contributed by atoms with Crippen LogP contribution in [0.3, 0.4) is 0 Å². The summed E-state index contributed by atoms with van der Waals surface area (Å²) < 4.78 is 0. The maximum atomic E-state index is 12.3. The number of hydrogen-bond acceptors (Lipinski definition) is 3. The summed E-state index contributed by atoms with van der Waals surface area (Å²) in [5.74, 6) is 0.00854. The molecule has 0 radical (unpaired) electrons. The number of aliphatic hydroxyl groups is 1. The predicted molar refractivity (Wildman–Crippen MR) is 81.1 cm³/mol. The third-order valence-corrected chi connectivity index (χ3v) is 4.16. The van der Waals surface area contributed by atoms with Gasteiger partial charge in [-0.05, 0) is 44.5 Å². The molecule has 0 spiro atoms. The van der Waals surface area contributed by atoms with E-state index in [4.69, 9.17) is 0 Å². The summed E-state index contributed by atoms with van der Waals surface area (Å²) >= 11 is 0. The first-order chi connectivity index (χ1) is 9.53. The molecule has 1 aromatic carbocycles. The minimum atomic E-state index is -0.670. The standard InChI is InChI=1S/C16H24N2O2/c1-4-16(20)11-18(12-16)15(19)13-7-9-14(10-8-13)17(5-2)6-3/h7-10,20H,4-6,11-12H2,1-3H3. The molecule has 1 N–H and O–H groups in total. The summed E-state index contributed by atoms with van der Waals surface area (Å²) in [5.41, 5.74) is 1.16. The Labute approximate surface area is 121 Å². The number of hydrogen-bond donors (Lipinski definition) is 1. The van der Waals surface area contributed by atoms with Crippen LogP contribution < -0.4 is 4.90 Å². The number of likely N-dealkylation sites (tertiary alicyclic amines) is 1. The van der Waals surface area contributed by atoms with Crippen molar-refractivity contribution in [1.82, 2.24) is 4.90 Å². The van der Waals surface area contributed by atoms with Crippen LogP contribution in [0.5, 0.6) is 0 Å². The van der Waals surface area contributed by atoms with E-state index >= 15 is 0 Å². The van der Waals surface area contributed by atoms with Crippen LogP contribution in [0.1, 0.15) is 37.6 Å². The Balaban J connectivity index is 2.02. The average molecular weight is 276 g/mol. The number of benzene rings is 1. The van der Waals surface area contributed by atoms with Gasteiger partial charge in [0.2, 0.25) is 0 Å². The van der Waals surface area contributed by atoms with Crippen LogP contribution in [0.25, 0.3) is 0 Å². The number of carbonyl (C=O) groups excluding carboxylic acids is 1. The van der Waals surface area contributed by atoms with Crippen molar-refractivity contribution in [3.05, 3.63) is 29.8 Å². The molecule has 2 rings (SSSR count). The fourth-order valence-electron chi connectivity index (χ4n) is 2.62. The molecule has 1 heterocycles. The average Bonchev–Trinajstić information content (AvgIpc) is 2.45. The molecule has 0 aliphatic carbocycles. The number of amides is 1. The lowest BCUT2D eigenvalue weighted by molar-refractivity contribution is -0.0826. The van der Waals surface area contributed by atoms with Crippen molar-refractivity contribution in [2.75, 3.05) is 31.1 Å². The summed E-state index contributed by atoms with van der Waals surface area (Å²) in [6.45, 7) is 8.99. The zero-order valence-corrected chi connectivity index (χ0v) is 12.6. The van der Waals surface area contributed by atoms with Gasteiger partial charge in [-0.1, -0.05) is 6.92 Å². The summed E-state index contributed by atoms with van der Waals surface area (Å²) in [7, 11) is 0. The van der Waals surface area contributed by atoms with E-state index in [2.05, 4.69) is 18.7 Å². The molecule has 0 aromatic heterocycles. The highest BCUT2D eigenvalue weighted by Gasteiger charge is 2.42. The van der Waals surface area contributed by atoms with Crippen LogP contribution in [0.15, 0.2) is 24.3 Å². The third-order valence-electron chi connectivity index (χ3n) is 4.16. The van der Waals surface area contributed by atoms with Crippen molar-refractivity contribution >= 4 is 11.6 Å². The molecule has 1 aromatic rings. The fourth-order valence-corrected chi connectivity index (χ4v) is 2.62. The van der Waals surface area contributed by atoms with Crippen LogP contribution in [0, 0.1) is 0 Å². The molecule has 1 amide bonds. The maximum absolute atomic E-state index is 12.3. The minimum Gasteiger partial charge on any atom is -0.386 e. The number of β-amino-alcohol motifs (C(OH)–C–C–N with tert-alkyl or cyclic N) is 1. The Hall–Kier alpha value is -1.55. The second kappa shape index (κ2) is 5.83. The second-order valence-electron chi connectivity index (χ2n) is 5.46. The smallest absolute Gasteiger partial charge is 0.254 e. The molecule has 20 heavy (non-hydrogen) atoms. The summed E-state index contributed by atoms with van der Waals surface area (Å²) in [6.07, 6.45) is 0.692. The lowest BCUT2D eigenvalue weighted by Crippen LogP contribution is -2.63. The number of carbonyl (C=O) groups is 1. The van der Waals surface area contributed by atoms with E-state index in [9.17, 15) is 9.90 Å². The van der Waals surface area contributed by atoms with E-state index in [1.54, 1.807) is 4.90 Å². The summed E-state index contributed by atoms with van der Waals surface area (Å²) in [6, 6.07) is 7.73. The Morgan fingerprint density at radius 3 is 2.20 bits per heavy atom. The SMILES string of the molecule is CCN(CC)c1ccc(C(=O)N2CC(O)(CC)C2)cc1. The second-order valence-corrected chi connectivity index (χ2v) is 5.46. The molecule has 1 aliphatic heterocycles. The number of anilines is 1. The molecule has 0 atom stereocenters. The molecular formula is C16H24N2O2. The first-order valence-corrected chi connectivity index (χ1v) is 7.39. The molecular weight excluding hydrogens is 252 g/mol. The highest BCUT2D eigenvalue weighted by atomic mass is 16.3. The van der Waals surface area contributed by atoms with Crippen molar-refractivity contribution in [2.45, 2.75) is 32.8 Å². The third kappa shape index (κ3) is 2.80. The van der Waals surface area contributed by atoms with Gasteiger partial charge in [0.1, 0.15) is 0 Å². The van der Waals surface area contributed by atoms with Crippen LogP contribution in [-0.4, -0.2) is 47.7 Å². The van der Waals surface area contributed by atoms with E-state index in [0.717, 1.165) is 18.8 Å². The predicted octanol–water partition coefficient (Wildman–Crippen LogP) is 2.13. The van der Waals surface area contributed by atoms with Crippen molar-refractivity contribution in [3.63, 3.8) is 0 Å². The zero-order chi connectivity index (χ0) is 14.8. The van der Waals surface area contributed by atoms with Crippen LogP contribution in [0.2, 0.25) is 0 Å². The van der Waals surface area contributed by atoms with Gasteiger partial charge >= 0.3 is 0 Å². The monoisotopic (exact) mass is 276 g/mol. The van der Waals surface area contributed by atoms with E-state index in [1.807, 2.05) is 31.2 Å². The van der Waals surface area contributed by atoms with E-state index in [1.165, 1.54) is 0 Å². The quantitative estimate of drug-likeness (QED) is 0.896. The van der Waals surface area contributed by atoms with Crippen molar-refractivity contribution < 1.29 is 9.90 Å². The maximum Gasteiger partial charge on any atom is 0.254 e. The molecule has 0 saturated carbocycles. The highest BCUT2D eigenvalue weighted by Crippen LogP contribution is 2.26. The summed E-state index contributed by atoms with van der Waals surface area (Å²) in [4.78, 5) is 16.2. The van der Waals surface area contributed by atoms with Crippen LogP contribution in [-0.2, 0) is 0 Å². The van der Waals surface area contributed by atoms with Crippen LogP contribution >= 0.6 is 0 Å². The van der Waals surface area contributed by atoms with Crippen LogP contribution in [0.4, 0.5) is 5.69 Å². The molecule has 1 aliphatic rings. The van der Waals surface area contributed by atoms with E-state index in [-0.39, 0.29) is 5.91 Å². The van der Waals surface area contributed by atoms with Gasteiger partial charge in [0.05, 0.1) is 18.7 Å². The molecule has 4 nitrogen and oxygen atoms in total. The van der Waals surface area contributed by atoms with Gasteiger partial charge in [0, 0.05) is 24.3 Å². The number of nitrogens with zero attached hydrogens (tertiary/aromatic N) is 2. The van der Waals surface area contributed by atoms with Gasteiger partial charge in [-0.15, -0.1) is 0 Å². The van der Waals surface area contributed by atoms with Gasteiger partial charge in [0.25, 0.3) is 5.91 Å². The van der Waals surface area contributed by atoms with Gasteiger partial charge in [-0.2, -0.15) is 0 Å². The number of rotatable bonds is 5. The Morgan fingerprint density at radius 2 is 1.75 bits per heavy atom. The Kier molecular flexibility index (Phi) is 4.33. The first kappa shape index (κ1) is 14.9. The van der Waals surface area contributed by atoms with Gasteiger partial charge in [-0.25, -0.2) is 0 Å². The van der Waals surface area contributed by atoms with E-state index in [0.29, 0.717) is 25.1 Å². The molecule has 4 heteroatoms. The summed E-state index contributed by atoms with van der Waals surface area (Å²) in [5, 5.41) is 9.97. The fraction of sp³-hybridized carbons (Fsp3) is 0.562.